The van der Waals surface area contributed by atoms with E-state index in [-0.39, 0.29) is 0 Å². The summed E-state index contributed by atoms with van der Waals surface area (Å²) in [4.78, 5) is 49.4. The summed E-state index contributed by atoms with van der Waals surface area (Å²) in [6, 6.07) is -6.40. The highest BCUT2D eigenvalue weighted by molar-refractivity contribution is 5.74. The Hall–Kier alpha value is -3.00. The summed E-state index contributed by atoms with van der Waals surface area (Å²) in [6.45, 7) is -0.186. The van der Waals surface area contributed by atoms with Gasteiger partial charge in [-0.1, -0.05) is 0 Å². The molecule has 5 heterocycles. The SMILES string of the molecule is CC(=O)N[C@@H]1[C@@H](O)[C@H](O)[C@@H](CO[C@H]2O[C@H](CO)[C@@H](O)[C@H](O[C@H]3O[C@H](CO)[C@H](O[C@H]4O[C@H](CO)[C@@H](O)[C@H](O[C@@H]5O[C@H](CO)[C@@H](O)[C@H](O)[C@H]5O)[C@H]4NC(C)=O)[C@H](O)[C@H]3NC(C)=O)[C@H]2NC(C)=O)O[C@@H]1O. The third kappa shape index (κ3) is 12.7. The van der Waals surface area contributed by atoms with Gasteiger partial charge in [0.1, 0.15) is 122 Å². The van der Waals surface area contributed by atoms with Gasteiger partial charge in [0.15, 0.2) is 31.5 Å². The molecule has 0 saturated carbocycles. The molecular formula is C38H64N4O26. The van der Waals surface area contributed by atoms with Gasteiger partial charge in [-0.3, -0.25) is 19.2 Å². The Kier molecular flexibility index (Phi) is 20.1. The van der Waals surface area contributed by atoms with Crippen molar-refractivity contribution in [3.05, 3.63) is 0 Å². The van der Waals surface area contributed by atoms with E-state index in [9.17, 15) is 85.6 Å². The van der Waals surface area contributed by atoms with Crippen molar-refractivity contribution in [2.24, 2.45) is 0 Å². The van der Waals surface area contributed by atoms with Crippen LogP contribution in [0.3, 0.4) is 0 Å². The van der Waals surface area contributed by atoms with E-state index in [1.54, 1.807) is 0 Å². The molecule has 0 unspecified atom stereocenters. The van der Waals surface area contributed by atoms with Gasteiger partial charge in [-0.15, -0.1) is 0 Å². The highest BCUT2D eigenvalue weighted by atomic mass is 16.8. The number of hydrogen-bond donors (Lipinski definition) is 17. The molecule has 5 aliphatic rings. The van der Waals surface area contributed by atoms with Gasteiger partial charge in [0, 0.05) is 27.7 Å². The second kappa shape index (κ2) is 24.4. The third-order valence-corrected chi connectivity index (χ3v) is 11.9. The Balaban J connectivity index is 1.41. The van der Waals surface area contributed by atoms with Gasteiger partial charge in [-0.05, 0) is 0 Å². The summed E-state index contributed by atoms with van der Waals surface area (Å²) in [5, 5.41) is 148. The molecule has 0 aliphatic carbocycles. The Bertz CT molecular complexity index is 1670. The fraction of sp³-hybridized carbons (Fsp3) is 0.895. The van der Waals surface area contributed by atoms with Crippen LogP contribution in [-0.4, -0.2) is 276 Å². The molecule has 5 rings (SSSR count). The fourth-order valence-electron chi connectivity index (χ4n) is 8.54. The molecule has 5 fully saturated rings. The van der Waals surface area contributed by atoms with E-state index in [1.165, 1.54) is 0 Å². The van der Waals surface area contributed by atoms with Crippen molar-refractivity contribution in [1.29, 1.82) is 0 Å². The highest BCUT2D eigenvalue weighted by Crippen LogP contribution is 2.35. The minimum atomic E-state index is -2.01. The summed E-state index contributed by atoms with van der Waals surface area (Å²) in [5.74, 6) is -3.03. The molecule has 0 aromatic rings. The van der Waals surface area contributed by atoms with Crippen LogP contribution < -0.4 is 21.3 Å². The van der Waals surface area contributed by atoms with Gasteiger partial charge in [0.25, 0.3) is 0 Å². The molecule has 68 heavy (non-hydrogen) atoms. The minimum absolute atomic E-state index is 0.655. The van der Waals surface area contributed by atoms with E-state index in [2.05, 4.69) is 21.3 Å². The first-order chi connectivity index (χ1) is 32.1. The number of aliphatic hydroxyl groups is 13. The molecule has 0 aromatic heterocycles. The van der Waals surface area contributed by atoms with E-state index < -0.39 is 210 Å². The van der Waals surface area contributed by atoms with E-state index >= 15 is 0 Å². The normalized spacial score (nSPS) is 45.5. The molecule has 4 amide bonds. The smallest absolute Gasteiger partial charge is 0.217 e. The quantitative estimate of drug-likeness (QED) is 0.0643. The Morgan fingerprint density at radius 3 is 1.28 bits per heavy atom. The fourth-order valence-corrected chi connectivity index (χ4v) is 8.54. The molecule has 0 radical (unpaired) electrons. The van der Waals surface area contributed by atoms with Crippen LogP contribution >= 0.6 is 0 Å². The number of carbonyl (C=O) groups is 4. The Morgan fingerprint density at radius 1 is 0.382 bits per heavy atom. The van der Waals surface area contributed by atoms with Gasteiger partial charge in [0.05, 0.1) is 33.0 Å². The van der Waals surface area contributed by atoms with Crippen molar-refractivity contribution in [3.8, 4) is 0 Å². The van der Waals surface area contributed by atoms with Gasteiger partial charge < -0.3 is 130 Å². The van der Waals surface area contributed by atoms with Crippen LogP contribution in [0.15, 0.2) is 0 Å². The van der Waals surface area contributed by atoms with E-state index in [0.717, 1.165) is 27.7 Å². The standard InChI is InChI=1S/C38H64N4O26/c1-10(47)39-19-27(55)24(52)18(61-34(19)59)9-60-35-21(41-12(3)49)32(25(53)15(6-44)62-35)67-36-20(40-11(2)48)28(56)31(17(8-46)65-36)66-37-22(42-13(4)50)33(26(54)16(7-45)63-37)68-38-30(58)29(57)23(51)14(5-43)64-38/h14-38,43-46,51-59H,5-9H2,1-4H3,(H,39,47)(H,40,48)(H,41,49)(H,42,50)/t14-,15-,16-,17-,18-,19-,20-,21-,22-,23-,24-,25-,26-,27-,28-,29+,30-,31+,32-,33-,34+,35+,36-,37-,38+/m1/s1. The number of carbonyl (C=O) groups excluding carboxylic acids is 4. The number of nitrogens with one attached hydrogen (secondary N) is 4. The minimum Gasteiger partial charge on any atom is -0.394 e. The van der Waals surface area contributed by atoms with Crippen molar-refractivity contribution in [2.75, 3.05) is 33.0 Å². The molecule has 30 nitrogen and oxygen atoms in total. The van der Waals surface area contributed by atoms with Gasteiger partial charge in [-0.2, -0.15) is 0 Å². The predicted octanol–water partition coefficient (Wildman–Crippen LogP) is -11.3. The first-order valence-electron chi connectivity index (χ1n) is 21.6. The molecule has 25 atom stereocenters. The highest BCUT2D eigenvalue weighted by Gasteiger charge is 2.57. The second-order valence-corrected chi connectivity index (χ2v) is 16.9. The Morgan fingerprint density at radius 2 is 0.765 bits per heavy atom. The summed E-state index contributed by atoms with van der Waals surface area (Å²) < 4.78 is 52.3. The van der Waals surface area contributed by atoms with Gasteiger partial charge in [0.2, 0.25) is 23.6 Å². The predicted molar refractivity (Wildman–Crippen MR) is 213 cm³/mol. The van der Waals surface area contributed by atoms with Crippen LogP contribution in [0.5, 0.6) is 0 Å². The van der Waals surface area contributed by atoms with E-state index in [0.29, 0.717) is 0 Å². The topological polar surface area (TPSA) is 462 Å². The summed E-state index contributed by atoms with van der Waals surface area (Å²) in [6.07, 6.45) is -37.4. The second-order valence-electron chi connectivity index (χ2n) is 16.9. The summed E-state index contributed by atoms with van der Waals surface area (Å²) >= 11 is 0. The molecule has 17 N–H and O–H groups in total. The summed E-state index contributed by atoms with van der Waals surface area (Å²) in [5.41, 5.74) is 0. The van der Waals surface area contributed by atoms with Crippen LogP contribution in [0.4, 0.5) is 0 Å². The lowest BCUT2D eigenvalue weighted by molar-refractivity contribution is -0.366. The molecule has 5 saturated heterocycles. The zero-order valence-corrected chi connectivity index (χ0v) is 37.1. The van der Waals surface area contributed by atoms with Crippen LogP contribution in [-0.2, 0) is 61.8 Å². The van der Waals surface area contributed by atoms with Crippen molar-refractivity contribution in [1.82, 2.24) is 21.3 Å². The number of amides is 4. The zero-order chi connectivity index (χ0) is 50.5. The molecule has 0 aromatic carbocycles. The molecule has 0 spiro atoms. The maximum atomic E-state index is 12.7. The average Bonchev–Trinajstić information content (AvgIpc) is 3.28. The zero-order valence-electron chi connectivity index (χ0n) is 37.1. The molecule has 5 aliphatic heterocycles. The maximum Gasteiger partial charge on any atom is 0.217 e. The van der Waals surface area contributed by atoms with Crippen LogP contribution in [0.1, 0.15) is 27.7 Å². The number of rotatable bonds is 17. The molecular weight excluding hydrogens is 928 g/mol. The van der Waals surface area contributed by atoms with E-state index in [4.69, 9.17) is 42.6 Å². The first kappa shape index (κ1) is 55.9. The molecule has 0 bridgehead atoms. The van der Waals surface area contributed by atoms with Crippen LogP contribution in [0.2, 0.25) is 0 Å². The molecule has 392 valence electrons. The van der Waals surface area contributed by atoms with E-state index in [1.807, 2.05) is 0 Å². The maximum absolute atomic E-state index is 12.7. The average molecular weight is 993 g/mol. The lowest BCUT2D eigenvalue weighted by Gasteiger charge is -2.51. The summed E-state index contributed by atoms with van der Waals surface area (Å²) in [7, 11) is 0. The van der Waals surface area contributed by atoms with Crippen LogP contribution in [0, 0.1) is 0 Å². The Labute approximate surface area is 386 Å². The largest absolute Gasteiger partial charge is 0.394 e. The molecule has 30 heteroatoms. The van der Waals surface area contributed by atoms with Crippen molar-refractivity contribution >= 4 is 23.6 Å². The van der Waals surface area contributed by atoms with Gasteiger partial charge in [-0.25, -0.2) is 0 Å². The lowest BCUT2D eigenvalue weighted by Crippen LogP contribution is -2.72. The number of ether oxygens (including phenoxy) is 9. The third-order valence-electron chi connectivity index (χ3n) is 11.9. The lowest BCUT2D eigenvalue weighted by atomic mass is 9.93. The van der Waals surface area contributed by atoms with Crippen LogP contribution in [0.25, 0.3) is 0 Å². The van der Waals surface area contributed by atoms with Crippen molar-refractivity contribution < 1.29 is 128 Å². The number of aliphatic hydroxyl groups excluding tert-OH is 13. The van der Waals surface area contributed by atoms with Crippen molar-refractivity contribution in [3.63, 3.8) is 0 Å². The first-order valence-corrected chi connectivity index (χ1v) is 21.6. The monoisotopic (exact) mass is 992 g/mol. The number of hydrogen-bond acceptors (Lipinski definition) is 26. The van der Waals surface area contributed by atoms with Gasteiger partial charge >= 0.3 is 0 Å². The van der Waals surface area contributed by atoms with Crippen molar-refractivity contribution in [2.45, 2.75) is 181 Å².